The van der Waals surface area contributed by atoms with Gasteiger partial charge in [0.25, 0.3) is 0 Å². The summed E-state index contributed by atoms with van der Waals surface area (Å²) in [6, 6.07) is 0. The van der Waals surface area contributed by atoms with Gasteiger partial charge in [-0.05, 0) is 32.4 Å². The lowest BCUT2D eigenvalue weighted by Gasteiger charge is -2.17. The molecule has 0 amide bonds. The van der Waals surface area contributed by atoms with Gasteiger partial charge >= 0.3 is 0 Å². The Bertz CT molecular complexity index is 164. The molecule has 0 bridgehead atoms. The van der Waals surface area contributed by atoms with E-state index in [0.29, 0.717) is 5.92 Å². The van der Waals surface area contributed by atoms with E-state index in [9.17, 15) is 0 Å². The molecule has 1 heteroatoms. The summed E-state index contributed by atoms with van der Waals surface area (Å²) in [7, 11) is 0. The Morgan fingerprint density at radius 1 is 1.50 bits per heavy atom. The van der Waals surface area contributed by atoms with Gasteiger partial charge in [-0.15, -0.1) is 0 Å². The van der Waals surface area contributed by atoms with Gasteiger partial charge in [0.05, 0.1) is 0 Å². The number of hydrogen-bond donors (Lipinski definition) is 1. The Balaban J connectivity index is 4.30. The van der Waals surface area contributed by atoms with Crippen LogP contribution in [0.2, 0.25) is 0 Å². The minimum absolute atomic E-state index is 0.623. The van der Waals surface area contributed by atoms with Gasteiger partial charge in [0.1, 0.15) is 0 Å². The van der Waals surface area contributed by atoms with Crippen molar-refractivity contribution in [3.63, 3.8) is 0 Å². The van der Waals surface area contributed by atoms with Crippen LogP contribution in [-0.2, 0) is 0 Å². The van der Waals surface area contributed by atoms with E-state index in [0.717, 1.165) is 0 Å². The van der Waals surface area contributed by atoms with Crippen LogP contribution in [0.3, 0.4) is 0 Å². The first-order valence-corrected chi connectivity index (χ1v) is 4.68. The second-order valence-electron chi connectivity index (χ2n) is 3.45. The second-order valence-corrected chi connectivity index (χ2v) is 3.45. The smallest absolute Gasteiger partial charge is 0.0161 e. The maximum absolute atomic E-state index is 3.68. The predicted molar refractivity (Wildman–Crippen MR) is 55.8 cm³/mol. The molecule has 0 aliphatic carbocycles. The molecule has 0 rings (SSSR count). The number of rotatable bonds is 5. The third-order valence-corrected chi connectivity index (χ3v) is 2.01. The summed E-state index contributed by atoms with van der Waals surface area (Å²) in [5.41, 5.74) is 2.68. The molecule has 0 aromatic rings. The van der Waals surface area contributed by atoms with E-state index in [1.165, 1.54) is 24.1 Å². The highest BCUT2D eigenvalue weighted by Gasteiger charge is 2.07. The van der Waals surface area contributed by atoms with E-state index < -0.39 is 0 Å². The molecule has 0 saturated carbocycles. The van der Waals surface area contributed by atoms with Crippen LogP contribution in [0.5, 0.6) is 0 Å². The Hall–Kier alpha value is -0.720. The van der Waals surface area contributed by atoms with Gasteiger partial charge in [-0.25, -0.2) is 0 Å². The molecule has 0 fully saturated rings. The van der Waals surface area contributed by atoms with Crippen LogP contribution in [0.15, 0.2) is 24.0 Å². The van der Waals surface area contributed by atoms with Crippen LogP contribution in [0.4, 0.5) is 0 Å². The first-order valence-electron chi connectivity index (χ1n) is 4.68. The lowest BCUT2D eigenvalue weighted by molar-refractivity contribution is 0.570. The zero-order valence-corrected chi connectivity index (χ0v) is 8.78. The van der Waals surface area contributed by atoms with Crippen molar-refractivity contribution in [2.75, 3.05) is 0 Å². The minimum Gasteiger partial charge on any atom is -0.365 e. The van der Waals surface area contributed by atoms with Crippen LogP contribution in [0, 0.1) is 5.92 Å². The van der Waals surface area contributed by atoms with E-state index in [4.69, 9.17) is 0 Å². The normalized spacial score (nSPS) is 12.0. The first-order chi connectivity index (χ1) is 5.63. The maximum atomic E-state index is 3.68. The molecular weight excluding hydrogens is 146 g/mol. The van der Waals surface area contributed by atoms with Gasteiger partial charge in [-0.2, -0.15) is 0 Å². The molecule has 0 aromatic heterocycles. The SMILES string of the molecule is C=CNC(=C(C)C)C(C)CCC. The molecule has 1 unspecified atom stereocenters. The van der Waals surface area contributed by atoms with Crippen LogP contribution < -0.4 is 5.32 Å². The van der Waals surface area contributed by atoms with Gasteiger partial charge in [0.15, 0.2) is 0 Å². The second kappa shape index (κ2) is 5.87. The van der Waals surface area contributed by atoms with E-state index >= 15 is 0 Å². The highest BCUT2D eigenvalue weighted by molar-refractivity contribution is 5.12. The Morgan fingerprint density at radius 3 is 2.42 bits per heavy atom. The fraction of sp³-hybridized carbons (Fsp3) is 0.636. The Labute approximate surface area is 76.6 Å². The summed E-state index contributed by atoms with van der Waals surface area (Å²) in [4.78, 5) is 0. The van der Waals surface area contributed by atoms with Crippen LogP contribution in [-0.4, -0.2) is 0 Å². The van der Waals surface area contributed by atoms with E-state index in [-0.39, 0.29) is 0 Å². The van der Waals surface area contributed by atoms with Crippen molar-refractivity contribution < 1.29 is 0 Å². The molecule has 0 aliphatic rings. The first kappa shape index (κ1) is 11.3. The van der Waals surface area contributed by atoms with Crippen molar-refractivity contribution >= 4 is 0 Å². The topological polar surface area (TPSA) is 12.0 Å². The van der Waals surface area contributed by atoms with Gasteiger partial charge in [-0.3, -0.25) is 0 Å². The van der Waals surface area contributed by atoms with Crippen molar-refractivity contribution in [1.29, 1.82) is 0 Å². The van der Waals surface area contributed by atoms with Gasteiger partial charge in [0.2, 0.25) is 0 Å². The molecule has 70 valence electrons. The lowest BCUT2D eigenvalue weighted by atomic mass is 9.99. The van der Waals surface area contributed by atoms with Gasteiger partial charge in [-0.1, -0.05) is 32.4 Å². The minimum atomic E-state index is 0.623. The zero-order chi connectivity index (χ0) is 9.56. The maximum Gasteiger partial charge on any atom is 0.0161 e. The van der Waals surface area contributed by atoms with Crippen LogP contribution >= 0.6 is 0 Å². The molecule has 1 atom stereocenters. The predicted octanol–water partition coefficient (Wildman–Crippen LogP) is 3.45. The summed E-state index contributed by atoms with van der Waals surface area (Å²) < 4.78 is 0. The third-order valence-electron chi connectivity index (χ3n) is 2.01. The quantitative estimate of drug-likeness (QED) is 0.661. The molecule has 0 saturated heterocycles. The van der Waals surface area contributed by atoms with Crippen LogP contribution in [0.25, 0.3) is 0 Å². The average molecular weight is 167 g/mol. The molecule has 0 radical (unpaired) electrons. The van der Waals surface area contributed by atoms with E-state index in [2.05, 4.69) is 39.6 Å². The van der Waals surface area contributed by atoms with E-state index in [1.54, 1.807) is 6.20 Å². The van der Waals surface area contributed by atoms with Crippen LogP contribution in [0.1, 0.15) is 40.5 Å². The fourth-order valence-electron chi connectivity index (χ4n) is 1.47. The summed E-state index contributed by atoms with van der Waals surface area (Å²) in [5, 5.41) is 3.21. The molecule has 0 aromatic carbocycles. The molecule has 1 nitrogen and oxygen atoms in total. The summed E-state index contributed by atoms with van der Waals surface area (Å²) >= 11 is 0. The number of hydrogen-bond acceptors (Lipinski definition) is 1. The molecule has 0 heterocycles. The van der Waals surface area contributed by atoms with Crippen molar-refractivity contribution in [2.24, 2.45) is 5.92 Å². The fourth-order valence-corrected chi connectivity index (χ4v) is 1.47. The van der Waals surface area contributed by atoms with Crippen molar-refractivity contribution in [3.05, 3.63) is 24.0 Å². The standard InChI is InChI=1S/C11H21N/c1-6-8-10(5)11(9(3)4)12-7-2/h7,10,12H,2,6,8H2,1,3-5H3. The average Bonchev–Trinajstić information content (AvgIpc) is 1.99. The molecule has 1 N–H and O–H groups in total. The van der Waals surface area contributed by atoms with Gasteiger partial charge < -0.3 is 5.32 Å². The summed E-state index contributed by atoms with van der Waals surface area (Å²) in [6.07, 6.45) is 4.23. The lowest BCUT2D eigenvalue weighted by Crippen LogP contribution is -2.14. The Morgan fingerprint density at radius 2 is 2.08 bits per heavy atom. The van der Waals surface area contributed by atoms with Crippen molar-refractivity contribution in [2.45, 2.75) is 40.5 Å². The monoisotopic (exact) mass is 167 g/mol. The highest BCUT2D eigenvalue weighted by Crippen LogP contribution is 2.17. The molecule has 12 heavy (non-hydrogen) atoms. The number of nitrogens with one attached hydrogen (secondary N) is 1. The van der Waals surface area contributed by atoms with Crippen molar-refractivity contribution in [1.82, 2.24) is 5.32 Å². The zero-order valence-electron chi connectivity index (χ0n) is 8.78. The van der Waals surface area contributed by atoms with Gasteiger partial charge in [0, 0.05) is 5.70 Å². The largest absolute Gasteiger partial charge is 0.365 e. The number of allylic oxidation sites excluding steroid dienone is 2. The summed E-state index contributed by atoms with van der Waals surface area (Å²) in [5.74, 6) is 0.623. The molecular formula is C11H21N. The third kappa shape index (κ3) is 3.61. The molecule has 0 spiro atoms. The van der Waals surface area contributed by atoms with E-state index in [1.807, 2.05) is 0 Å². The summed E-state index contributed by atoms with van der Waals surface area (Å²) in [6.45, 7) is 12.4. The Kier molecular flexibility index (Phi) is 5.52. The highest BCUT2D eigenvalue weighted by atomic mass is 14.9. The van der Waals surface area contributed by atoms with Crippen molar-refractivity contribution in [3.8, 4) is 0 Å². The molecule has 0 aliphatic heterocycles.